The number of hydrogen-bond donors (Lipinski definition) is 3. The van der Waals surface area contributed by atoms with Crippen molar-refractivity contribution in [3.05, 3.63) is 66.9 Å². The van der Waals surface area contributed by atoms with Crippen molar-refractivity contribution in [3.63, 3.8) is 0 Å². The van der Waals surface area contributed by atoms with Crippen molar-refractivity contribution >= 4 is 16.9 Å². The lowest BCUT2D eigenvalue weighted by Gasteiger charge is -2.37. The van der Waals surface area contributed by atoms with E-state index in [4.69, 9.17) is 0 Å². The summed E-state index contributed by atoms with van der Waals surface area (Å²) >= 11 is 0. The molecule has 9 heteroatoms. The van der Waals surface area contributed by atoms with E-state index in [0.717, 1.165) is 29.1 Å². The molecule has 5 rings (SSSR count). The molecule has 0 bridgehead atoms. The number of nitrogens with zero attached hydrogens (tertiary/aromatic N) is 6. The normalized spacial score (nSPS) is 20.9. The number of piperidine rings is 1. The number of aliphatic hydroxyl groups is 2. The van der Waals surface area contributed by atoms with Crippen molar-refractivity contribution in [2.75, 3.05) is 24.5 Å². The summed E-state index contributed by atoms with van der Waals surface area (Å²) in [5, 5.41) is 29.7. The van der Waals surface area contributed by atoms with Crippen LogP contribution in [0.4, 0.5) is 5.82 Å². The van der Waals surface area contributed by atoms with Gasteiger partial charge in [0.25, 0.3) is 0 Å². The average Bonchev–Trinajstić information content (AvgIpc) is 3.51. The summed E-state index contributed by atoms with van der Waals surface area (Å²) in [5.41, 5.74) is 1.77. The molecule has 4 heterocycles. The zero-order chi connectivity index (χ0) is 22.8. The summed E-state index contributed by atoms with van der Waals surface area (Å²) < 4.78 is 3.76. The number of anilines is 1. The van der Waals surface area contributed by atoms with Crippen LogP contribution >= 0.6 is 0 Å². The van der Waals surface area contributed by atoms with E-state index < -0.39 is 11.7 Å². The van der Waals surface area contributed by atoms with Crippen molar-refractivity contribution in [1.82, 2.24) is 29.6 Å². The first-order chi connectivity index (χ1) is 16.1. The Balaban J connectivity index is 1.39. The molecule has 0 saturated carbocycles. The van der Waals surface area contributed by atoms with E-state index in [2.05, 4.69) is 56.5 Å². The quantitative estimate of drug-likeness (QED) is 0.396. The Kier molecular flexibility index (Phi) is 5.84. The van der Waals surface area contributed by atoms with Gasteiger partial charge in [-0.2, -0.15) is 5.10 Å². The second-order valence-electron chi connectivity index (χ2n) is 8.58. The number of nitrogens with one attached hydrogen (secondary N) is 1. The number of aliphatic hydroxyl groups excluding tert-OH is 1. The first kappa shape index (κ1) is 21.6. The fourth-order valence-corrected chi connectivity index (χ4v) is 4.48. The van der Waals surface area contributed by atoms with E-state index in [1.807, 2.05) is 33.8 Å². The Morgan fingerprint density at radius 2 is 2.03 bits per heavy atom. The van der Waals surface area contributed by atoms with Crippen LogP contribution in [-0.4, -0.2) is 65.9 Å². The summed E-state index contributed by atoms with van der Waals surface area (Å²) in [6.45, 7) is 4.95. The first-order valence-corrected chi connectivity index (χ1v) is 11.3. The minimum atomic E-state index is -1.18. The van der Waals surface area contributed by atoms with Crippen LogP contribution in [0.2, 0.25) is 0 Å². The fraction of sp³-hybridized carbons (Fsp3) is 0.375. The summed E-state index contributed by atoms with van der Waals surface area (Å²) in [4.78, 5) is 11.3. The minimum Gasteiger partial charge on any atom is -0.389 e. The van der Waals surface area contributed by atoms with Gasteiger partial charge in [-0.15, -0.1) is 0 Å². The van der Waals surface area contributed by atoms with E-state index >= 15 is 0 Å². The molecule has 0 spiro atoms. The molecule has 4 aromatic rings. The third-order valence-corrected chi connectivity index (χ3v) is 6.43. The first-order valence-electron chi connectivity index (χ1n) is 11.3. The Labute approximate surface area is 192 Å². The summed E-state index contributed by atoms with van der Waals surface area (Å²) in [6.07, 6.45) is 6.85. The monoisotopic (exact) mass is 447 g/mol. The van der Waals surface area contributed by atoms with Gasteiger partial charge in [-0.1, -0.05) is 12.1 Å². The van der Waals surface area contributed by atoms with E-state index in [-0.39, 0.29) is 6.54 Å². The smallest absolute Gasteiger partial charge is 0.145 e. The molecule has 3 N–H and O–H groups in total. The van der Waals surface area contributed by atoms with Gasteiger partial charge in [0.1, 0.15) is 23.4 Å². The van der Waals surface area contributed by atoms with Crippen LogP contribution in [0, 0.1) is 0 Å². The SMILES string of the molecule is CCN(Cc1ccc(-n2cccn2)cc1)c1ncnc2c1ccn2C[C@@]1(O)CCNC[C@@H]1O. The predicted octanol–water partition coefficient (Wildman–Crippen LogP) is 1.73. The van der Waals surface area contributed by atoms with Crippen molar-refractivity contribution in [1.29, 1.82) is 0 Å². The lowest BCUT2D eigenvalue weighted by atomic mass is 9.89. The predicted molar refractivity (Wildman–Crippen MR) is 126 cm³/mol. The number of β-amino-alcohol motifs (C(OH)–C–C–N with tert-alkyl or cyclic N) is 1. The highest BCUT2D eigenvalue weighted by atomic mass is 16.3. The van der Waals surface area contributed by atoms with Gasteiger partial charge in [-0.25, -0.2) is 14.6 Å². The molecule has 2 atom stereocenters. The van der Waals surface area contributed by atoms with Crippen LogP contribution in [0.3, 0.4) is 0 Å². The van der Waals surface area contributed by atoms with Crippen molar-refractivity contribution in [3.8, 4) is 5.69 Å². The molecular weight excluding hydrogens is 418 g/mol. The molecule has 0 radical (unpaired) electrons. The van der Waals surface area contributed by atoms with Crippen LogP contribution in [0.5, 0.6) is 0 Å². The highest BCUT2D eigenvalue weighted by Gasteiger charge is 2.38. The fourth-order valence-electron chi connectivity index (χ4n) is 4.48. The van der Waals surface area contributed by atoms with Gasteiger partial charge in [0.2, 0.25) is 0 Å². The highest BCUT2D eigenvalue weighted by molar-refractivity contribution is 5.87. The van der Waals surface area contributed by atoms with Crippen LogP contribution < -0.4 is 10.2 Å². The minimum absolute atomic E-state index is 0.289. The zero-order valence-electron chi connectivity index (χ0n) is 18.7. The molecule has 1 aliphatic heterocycles. The van der Waals surface area contributed by atoms with E-state index in [0.29, 0.717) is 26.1 Å². The number of rotatable bonds is 7. The van der Waals surface area contributed by atoms with Gasteiger partial charge >= 0.3 is 0 Å². The molecule has 1 saturated heterocycles. The number of fused-ring (bicyclic) bond motifs is 1. The van der Waals surface area contributed by atoms with Gasteiger partial charge in [0.15, 0.2) is 0 Å². The summed E-state index contributed by atoms with van der Waals surface area (Å²) in [7, 11) is 0. The van der Waals surface area contributed by atoms with Gasteiger partial charge in [0, 0.05) is 38.2 Å². The topological polar surface area (TPSA) is 104 Å². The molecule has 1 aliphatic rings. The molecular formula is C24H29N7O2. The largest absolute Gasteiger partial charge is 0.389 e. The molecule has 1 fully saturated rings. The zero-order valence-corrected chi connectivity index (χ0v) is 18.7. The van der Waals surface area contributed by atoms with Crippen LogP contribution in [0.25, 0.3) is 16.7 Å². The van der Waals surface area contributed by atoms with Gasteiger partial charge in [-0.05, 0) is 49.7 Å². The number of benzene rings is 1. The Morgan fingerprint density at radius 1 is 1.18 bits per heavy atom. The van der Waals surface area contributed by atoms with Crippen molar-refractivity contribution in [2.24, 2.45) is 0 Å². The Hall–Kier alpha value is -3.27. The third kappa shape index (κ3) is 4.22. The summed E-state index contributed by atoms with van der Waals surface area (Å²) in [5.74, 6) is 0.857. The molecule has 33 heavy (non-hydrogen) atoms. The molecule has 0 amide bonds. The van der Waals surface area contributed by atoms with Crippen LogP contribution in [0.1, 0.15) is 18.9 Å². The van der Waals surface area contributed by atoms with Gasteiger partial charge in [-0.3, -0.25) is 0 Å². The molecule has 172 valence electrons. The molecule has 1 aromatic carbocycles. The summed E-state index contributed by atoms with van der Waals surface area (Å²) in [6, 6.07) is 12.2. The van der Waals surface area contributed by atoms with Crippen LogP contribution in [0.15, 0.2) is 61.3 Å². The second-order valence-corrected chi connectivity index (χ2v) is 8.58. The Bertz CT molecular complexity index is 1210. The molecule has 0 unspecified atom stereocenters. The van der Waals surface area contributed by atoms with E-state index in [1.165, 1.54) is 5.56 Å². The third-order valence-electron chi connectivity index (χ3n) is 6.43. The van der Waals surface area contributed by atoms with Crippen LogP contribution in [-0.2, 0) is 13.1 Å². The van der Waals surface area contributed by atoms with Crippen molar-refractivity contribution in [2.45, 2.75) is 38.1 Å². The standard InChI is InChI=1S/C24H29N7O2/c1-2-29(15-18-4-6-19(7-5-18)31-12-3-10-28-31)22-20-8-13-30(23(20)27-17-26-22)16-24(33)9-11-25-14-21(24)32/h3-8,10,12-13,17,21,25,32-33H,2,9,11,14-16H2,1H3/t21-,24-/m0/s1. The maximum atomic E-state index is 11.0. The Morgan fingerprint density at radius 3 is 2.76 bits per heavy atom. The maximum Gasteiger partial charge on any atom is 0.145 e. The number of aromatic nitrogens is 5. The molecule has 3 aromatic heterocycles. The van der Waals surface area contributed by atoms with E-state index in [1.54, 1.807) is 12.5 Å². The highest BCUT2D eigenvalue weighted by Crippen LogP contribution is 2.28. The van der Waals surface area contributed by atoms with Gasteiger partial charge < -0.3 is 25.0 Å². The molecule has 0 aliphatic carbocycles. The van der Waals surface area contributed by atoms with Gasteiger partial charge in [0.05, 0.1) is 23.7 Å². The average molecular weight is 448 g/mol. The lowest BCUT2D eigenvalue weighted by molar-refractivity contribution is -0.101. The number of hydrogen-bond acceptors (Lipinski definition) is 7. The second kappa shape index (κ2) is 8.93. The maximum absolute atomic E-state index is 11.0. The molecule has 9 nitrogen and oxygen atoms in total. The van der Waals surface area contributed by atoms with E-state index in [9.17, 15) is 10.2 Å². The van der Waals surface area contributed by atoms with Crippen molar-refractivity contribution < 1.29 is 10.2 Å². The lowest BCUT2D eigenvalue weighted by Crippen LogP contribution is -2.56.